The lowest BCUT2D eigenvalue weighted by molar-refractivity contribution is -0.135. The van der Waals surface area contributed by atoms with Crippen molar-refractivity contribution in [1.29, 1.82) is 0 Å². The summed E-state index contributed by atoms with van der Waals surface area (Å²) in [6.07, 6.45) is 1.96. The predicted octanol–water partition coefficient (Wildman–Crippen LogP) is 3.27. The van der Waals surface area contributed by atoms with E-state index in [9.17, 15) is 4.79 Å². The normalized spacial score (nSPS) is 20.1. The van der Waals surface area contributed by atoms with E-state index >= 15 is 0 Å². The number of carbonyl (C=O) groups excluding carboxylic acids is 1. The second kappa shape index (κ2) is 9.20. The maximum atomic E-state index is 12.9. The quantitative estimate of drug-likeness (QED) is 0.750. The van der Waals surface area contributed by atoms with E-state index < -0.39 is 0 Å². The topological polar surface area (TPSA) is 52.6 Å². The van der Waals surface area contributed by atoms with Gasteiger partial charge in [0.2, 0.25) is 11.9 Å². The van der Waals surface area contributed by atoms with E-state index in [0.717, 1.165) is 79.7 Å². The Morgan fingerprint density at radius 3 is 2.62 bits per heavy atom. The van der Waals surface area contributed by atoms with Crippen LogP contribution in [0.4, 0.5) is 11.8 Å². The Balaban J connectivity index is 1.63. The number of nitrogens with zero attached hydrogens (tertiary/aromatic N) is 5. The Kier molecular flexibility index (Phi) is 6.43. The van der Waals surface area contributed by atoms with Crippen LogP contribution < -0.4 is 9.80 Å². The Labute approximate surface area is 177 Å². The Morgan fingerprint density at radius 2 is 1.86 bits per heavy atom. The fourth-order valence-corrected chi connectivity index (χ4v) is 5.26. The summed E-state index contributed by atoms with van der Waals surface area (Å²) < 4.78 is 0. The number of anilines is 2. The molecule has 7 heteroatoms. The number of para-hydroxylation sites is 1. The van der Waals surface area contributed by atoms with Gasteiger partial charge in [0.1, 0.15) is 5.82 Å². The number of fused-ring (bicyclic) bond motifs is 1. The van der Waals surface area contributed by atoms with Gasteiger partial charge in [-0.1, -0.05) is 12.1 Å². The smallest absolute Gasteiger partial charge is 0.227 e. The van der Waals surface area contributed by atoms with Crippen molar-refractivity contribution < 1.29 is 4.79 Å². The number of thioether (sulfide) groups is 1. The highest BCUT2D eigenvalue weighted by atomic mass is 32.2. The highest BCUT2D eigenvalue weighted by Crippen LogP contribution is 2.30. The Hall–Kier alpha value is -2.02. The molecule has 2 saturated heterocycles. The molecule has 3 heterocycles. The van der Waals surface area contributed by atoms with Gasteiger partial charge >= 0.3 is 0 Å². The van der Waals surface area contributed by atoms with Gasteiger partial charge in [-0.2, -0.15) is 16.7 Å². The van der Waals surface area contributed by atoms with Crippen molar-refractivity contribution in [2.75, 3.05) is 60.6 Å². The first-order valence-electron chi connectivity index (χ1n) is 10.8. The van der Waals surface area contributed by atoms with Gasteiger partial charge in [-0.25, -0.2) is 4.98 Å². The second-order valence-electron chi connectivity index (χ2n) is 7.76. The molecule has 1 amide bonds. The van der Waals surface area contributed by atoms with Crippen molar-refractivity contribution in [3.8, 4) is 0 Å². The summed E-state index contributed by atoms with van der Waals surface area (Å²) in [5.74, 6) is 4.40. The third-order valence-electron chi connectivity index (χ3n) is 6.01. The van der Waals surface area contributed by atoms with Gasteiger partial charge < -0.3 is 14.7 Å². The van der Waals surface area contributed by atoms with Crippen molar-refractivity contribution in [2.24, 2.45) is 5.92 Å². The molecule has 4 rings (SSSR count). The van der Waals surface area contributed by atoms with E-state index in [-0.39, 0.29) is 11.8 Å². The van der Waals surface area contributed by atoms with Crippen LogP contribution >= 0.6 is 11.8 Å². The molecule has 2 fully saturated rings. The van der Waals surface area contributed by atoms with E-state index in [1.54, 1.807) is 0 Å². The summed E-state index contributed by atoms with van der Waals surface area (Å²) in [5.41, 5.74) is 0.989. The zero-order valence-corrected chi connectivity index (χ0v) is 18.3. The van der Waals surface area contributed by atoms with Crippen LogP contribution in [0.5, 0.6) is 0 Å². The second-order valence-corrected chi connectivity index (χ2v) is 8.98. The number of aromatic nitrogens is 2. The predicted molar refractivity (Wildman–Crippen MR) is 122 cm³/mol. The molecule has 1 atom stereocenters. The molecule has 0 radical (unpaired) electrons. The van der Waals surface area contributed by atoms with Crippen LogP contribution in [0, 0.1) is 5.92 Å². The fourth-order valence-electron chi connectivity index (χ4n) is 4.36. The highest BCUT2D eigenvalue weighted by molar-refractivity contribution is 7.99. The molecule has 1 aromatic carbocycles. The van der Waals surface area contributed by atoms with Gasteiger partial charge in [-0.15, -0.1) is 0 Å². The summed E-state index contributed by atoms with van der Waals surface area (Å²) in [4.78, 5) is 29.4. The number of rotatable bonds is 5. The van der Waals surface area contributed by atoms with Gasteiger partial charge in [0.25, 0.3) is 0 Å². The fraction of sp³-hybridized carbons (Fsp3) is 0.591. The maximum absolute atomic E-state index is 12.9. The van der Waals surface area contributed by atoms with Crippen LogP contribution in [-0.2, 0) is 4.79 Å². The van der Waals surface area contributed by atoms with Gasteiger partial charge in [0.05, 0.1) is 11.4 Å². The van der Waals surface area contributed by atoms with Crippen molar-refractivity contribution in [2.45, 2.75) is 26.7 Å². The van der Waals surface area contributed by atoms with Crippen LogP contribution in [0.1, 0.15) is 26.7 Å². The SMILES string of the molecule is CCN(CC)C(=O)C1CCCN(c2nc(N3CCSCC3)c3ccccc3n2)C1. The Morgan fingerprint density at radius 1 is 1.10 bits per heavy atom. The van der Waals surface area contributed by atoms with Crippen LogP contribution in [0.2, 0.25) is 0 Å². The van der Waals surface area contributed by atoms with Gasteiger partial charge in [-0.05, 0) is 38.8 Å². The monoisotopic (exact) mass is 413 g/mol. The molecular formula is C22H31N5OS. The largest absolute Gasteiger partial charge is 0.354 e. The number of hydrogen-bond acceptors (Lipinski definition) is 6. The first-order valence-corrected chi connectivity index (χ1v) is 12.0. The zero-order chi connectivity index (χ0) is 20.2. The third kappa shape index (κ3) is 4.29. The molecule has 1 unspecified atom stereocenters. The van der Waals surface area contributed by atoms with Gasteiger partial charge in [-0.3, -0.25) is 4.79 Å². The zero-order valence-electron chi connectivity index (χ0n) is 17.5. The van der Waals surface area contributed by atoms with Crippen LogP contribution in [0.3, 0.4) is 0 Å². The van der Waals surface area contributed by atoms with E-state index in [1.807, 2.05) is 22.7 Å². The van der Waals surface area contributed by atoms with Crippen molar-refractivity contribution in [3.05, 3.63) is 24.3 Å². The summed E-state index contributed by atoms with van der Waals surface area (Å²) in [6.45, 7) is 9.32. The minimum Gasteiger partial charge on any atom is -0.354 e. The number of amides is 1. The molecular weight excluding hydrogens is 382 g/mol. The van der Waals surface area contributed by atoms with Gasteiger partial charge in [0, 0.05) is 56.2 Å². The molecule has 0 aliphatic carbocycles. The standard InChI is InChI=1S/C22H31N5OS/c1-3-25(4-2)21(28)17-8-7-11-27(16-17)22-23-19-10-6-5-9-18(19)20(24-22)26-12-14-29-15-13-26/h5-6,9-10,17H,3-4,7-8,11-16H2,1-2H3. The molecule has 0 saturated carbocycles. The summed E-state index contributed by atoms with van der Waals surface area (Å²) in [7, 11) is 0. The van der Waals surface area contributed by atoms with Crippen LogP contribution in [0.15, 0.2) is 24.3 Å². The summed E-state index contributed by atoms with van der Waals surface area (Å²) >= 11 is 2.00. The number of hydrogen-bond donors (Lipinski definition) is 0. The minimum atomic E-state index is 0.0357. The number of benzene rings is 1. The average Bonchev–Trinajstić information content (AvgIpc) is 2.79. The average molecular weight is 414 g/mol. The molecule has 0 bridgehead atoms. The maximum Gasteiger partial charge on any atom is 0.227 e. The lowest BCUT2D eigenvalue weighted by atomic mass is 9.96. The van der Waals surface area contributed by atoms with E-state index in [2.05, 4.69) is 41.8 Å². The number of carbonyl (C=O) groups is 1. The summed E-state index contributed by atoms with van der Waals surface area (Å²) in [5, 5.41) is 1.12. The first kappa shape index (κ1) is 20.3. The highest BCUT2D eigenvalue weighted by Gasteiger charge is 2.30. The molecule has 1 aromatic heterocycles. The minimum absolute atomic E-state index is 0.0357. The lowest BCUT2D eigenvalue weighted by Gasteiger charge is -2.35. The molecule has 2 aliphatic rings. The molecule has 156 valence electrons. The molecule has 0 N–H and O–H groups in total. The molecule has 2 aromatic rings. The van der Waals surface area contributed by atoms with Crippen LogP contribution in [-0.4, -0.2) is 71.5 Å². The Bertz CT molecular complexity index is 850. The van der Waals surface area contributed by atoms with Crippen molar-refractivity contribution in [1.82, 2.24) is 14.9 Å². The lowest BCUT2D eigenvalue weighted by Crippen LogP contribution is -2.45. The van der Waals surface area contributed by atoms with Crippen molar-refractivity contribution >= 4 is 40.3 Å². The molecule has 2 aliphatic heterocycles. The number of piperidine rings is 1. The van der Waals surface area contributed by atoms with E-state index in [0.29, 0.717) is 6.54 Å². The van der Waals surface area contributed by atoms with Gasteiger partial charge in [0.15, 0.2) is 0 Å². The first-order chi connectivity index (χ1) is 14.2. The van der Waals surface area contributed by atoms with E-state index in [4.69, 9.17) is 9.97 Å². The third-order valence-corrected chi connectivity index (χ3v) is 6.95. The molecule has 29 heavy (non-hydrogen) atoms. The molecule has 6 nitrogen and oxygen atoms in total. The summed E-state index contributed by atoms with van der Waals surface area (Å²) in [6, 6.07) is 8.30. The molecule has 0 spiro atoms. The van der Waals surface area contributed by atoms with Crippen LogP contribution in [0.25, 0.3) is 10.9 Å². The van der Waals surface area contributed by atoms with E-state index in [1.165, 1.54) is 0 Å². The van der Waals surface area contributed by atoms with Crippen molar-refractivity contribution in [3.63, 3.8) is 0 Å².